The number of carbonyl (C=O) groups excluding carboxylic acids is 3. The number of benzene rings is 3. The first-order chi connectivity index (χ1) is 19.5. The van der Waals surface area contributed by atoms with Gasteiger partial charge in [0.15, 0.2) is 5.78 Å². The molecule has 0 aliphatic rings. The maximum absolute atomic E-state index is 13.6. The average molecular weight is 575 g/mol. The second-order valence-corrected chi connectivity index (χ2v) is 12.3. The molecule has 2 atom stereocenters. The topological polar surface area (TPSA) is 75.7 Å². The van der Waals surface area contributed by atoms with Crippen LogP contribution < -0.4 is 5.32 Å². The summed E-state index contributed by atoms with van der Waals surface area (Å²) in [5.74, 6) is -0.589. The standard InChI is InChI=1S/C34H42N2O4S/c1-7-29(36(6)32(39)40-33(2,3)4)30(37)23-25(31(38)35-5)24-41-34(26-17-11-8-12-18-26,27-19-13-9-14-20-27)28-21-15-10-16-22-28/h8-22,25,29H,7,23-24H2,1-6H3,(H,35,38)/t25-,29-/m0/s1. The van der Waals surface area contributed by atoms with Crippen molar-refractivity contribution in [2.75, 3.05) is 19.8 Å². The van der Waals surface area contributed by atoms with Gasteiger partial charge in [0.2, 0.25) is 5.91 Å². The third kappa shape index (κ3) is 8.00. The zero-order valence-electron chi connectivity index (χ0n) is 24.9. The second-order valence-electron chi connectivity index (χ2n) is 11.1. The van der Waals surface area contributed by atoms with Gasteiger partial charge in [-0.2, -0.15) is 0 Å². The first-order valence-corrected chi connectivity index (χ1v) is 15.0. The maximum atomic E-state index is 13.6. The van der Waals surface area contributed by atoms with Crippen molar-refractivity contribution >= 4 is 29.5 Å². The van der Waals surface area contributed by atoms with Gasteiger partial charge >= 0.3 is 6.09 Å². The van der Waals surface area contributed by atoms with Crippen molar-refractivity contribution in [3.8, 4) is 0 Å². The molecule has 0 saturated carbocycles. The van der Waals surface area contributed by atoms with Gasteiger partial charge in [-0.15, -0.1) is 11.8 Å². The number of hydrogen-bond donors (Lipinski definition) is 1. The first kappa shape index (κ1) is 31.9. The Bertz CT molecular complexity index is 1180. The monoisotopic (exact) mass is 574 g/mol. The van der Waals surface area contributed by atoms with E-state index >= 15 is 0 Å². The maximum Gasteiger partial charge on any atom is 0.410 e. The Morgan fingerprint density at radius 3 is 1.63 bits per heavy atom. The number of nitrogens with one attached hydrogen (secondary N) is 1. The van der Waals surface area contributed by atoms with Crippen LogP contribution in [0.15, 0.2) is 91.0 Å². The molecule has 218 valence electrons. The van der Waals surface area contributed by atoms with Crippen LogP contribution in [-0.4, -0.2) is 54.2 Å². The number of thioether (sulfide) groups is 1. The summed E-state index contributed by atoms with van der Waals surface area (Å²) >= 11 is 1.65. The van der Waals surface area contributed by atoms with E-state index in [4.69, 9.17) is 4.74 Å². The zero-order valence-corrected chi connectivity index (χ0v) is 25.7. The Labute approximate surface area is 248 Å². The summed E-state index contributed by atoms with van der Waals surface area (Å²) < 4.78 is 4.88. The molecule has 3 aromatic rings. The third-order valence-electron chi connectivity index (χ3n) is 7.01. The van der Waals surface area contributed by atoms with Crippen LogP contribution in [0.5, 0.6) is 0 Å². The van der Waals surface area contributed by atoms with Gasteiger partial charge < -0.3 is 15.0 Å². The summed E-state index contributed by atoms with van der Waals surface area (Å²) in [6.45, 7) is 7.23. The van der Waals surface area contributed by atoms with Crippen LogP contribution >= 0.6 is 11.8 Å². The molecule has 7 heteroatoms. The van der Waals surface area contributed by atoms with Gasteiger partial charge in [0.1, 0.15) is 5.60 Å². The summed E-state index contributed by atoms with van der Waals surface area (Å²) in [4.78, 5) is 40.9. The first-order valence-electron chi connectivity index (χ1n) is 14.0. The van der Waals surface area contributed by atoms with Crippen molar-refractivity contribution in [1.29, 1.82) is 0 Å². The van der Waals surface area contributed by atoms with Gasteiger partial charge in [-0.25, -0.2) is 4.79 Å². The van der Waals surface area contributed by atoms with Gasteiger partial charge in [0.25, 0.3) is 0 Å². The molecule has 1 N–H and O–H groups in total. The highest BCUT2D eigenvalue weighted by Crippen LogP contribution is 2.49. The fraction of sp³-hybridized carbons (Fsp3) is 0.382. The molecule has 0 bridgehead atoms. The lowest BCUT2D eigenvalue weighted by Crippen LogP contribution is -2.46. The van der Waals surface area contributed by atoms with E-state index in [0.717, 1.165) is 16.7 Å². The average Bonchev–Trinajstić information content (AvgIpc) is 2.97. The predicted octanol–water partition coefficient (Wildman–Crippen LogP) is 6.68. The van der Waals surface area contributed by atoms with Crippen molar-refractivity contribution in [3.05, 3.63) is 108 Å². The van der Waals surface area contributed by atoms with E-state index < -0.39 is 28.4 Å². The van der Waals surface area contributed by atoms with Crippen molar-refractivity contribution in [1.82, 2.24) is 10.2 Å². The summed E-state index contributed by atoms with van der Waals surface area (Å²) in [5, 5.41) is 2.76. The Balaban J connectivity index is 1.97. The zero-order chi connectivity index (χ0) is 30.0. The van der Waals surface area contributed by atoms with Crippen molar-refractivity contribution < 1.29 is 19.1 Å². The van der Waals surface area contributed by atoms with Crippen molar-refractivity contribution in [2.45, 2.75) is 56.9 Å². The number of ketones is 1. The predicted molar refractivity (Wildman–Crippen MR) is 167 cm³/mol. The number of ether oxygens (including phenoxy) is 1. The van der Waals surface area contributed by atoms with E-state index in [1.54, 1.807) is 46.6 Å². The molecule has 0 aliphatic carbocycles. The molecule has 0 saturated heterocycles. The minimum atomic E-state index is -0.691. The van der Waals surface area contributed by atoms with Crippen LogP contribution in [0, 0.1) is 5.92 Å². The summed E-state index contributed by atoms with van der Waals surface area (Å²) in [5.41, 5.74) is 2.57. The summed E-state index contributed by atoms with van der Waals surface area (Å²) in [6.07, 6.45) is -0.128. The normalized spacial score (nSPS) is 13.1. The molecule has 0 unspecified atom stereocenters. The van der Waals surface area contributed by atoms with Crippen LogP contribution in [0.4, 0.5) is 4.79 Å². The molecule has 0 heterocycles. The minimum Gasteiger partial charge on any atom is -0.444 e. The van der Waals surface area contributed by atoms with Gasteiger partial charge in [-0.3, -0.25) is 9.59 Å². The number of nitrogens with zero attached hydrogens (tertiary/aromatic N) is 1. The van der Waals surface area contributed by atoms with E-state index in [-0.39, 0.29) is 18.1 Å². The van der Waals surface area contributed by atoms with E-state index in [1.807, 2.05) is 61.5 Å². The fourth-order valence-corrected chi connectivity index (χ4v) is 6.61. The highest BCUT2D eigenvalue weighted by Gasteiger charge is 2.39. The van der Waals surface area contributed by atoms with E-state index in [2.05, 4.69) is 41.7 Å². The fourth-order valence-electron chi connectivity index (χ4n) is 4.98. The van der Waals surface area contributed by atoms with Crippen LogP contribution in [0.3, 0.4) is 0 Å². The highest BCUT2D eigenvalue weighted by atomic mass is 32.2. The lowest BCUT2D eigenvalue weighted by Gasteiger charge is -2.36. The Morgan fingerprint density at radius 2 is 1.27 bits per heavy atom. The number of amides is 2. The number of carbonyl (C=O) groups is 3. The molecule has 0 aliphatic heterocycles. The van der Waals surface area contributed by atoms with Crippen molar-refractivity contribution in [2.24, 2.45) is 5.92 Å². The lowest BCUT2D eigenvalue weighted by molar-refractivity contribution is -0.130. The Hall–Kier alpha value is -3.58. The summed E-state index contributed by atoms with van der Waals surface area (Å²) in [6, 6.07) is 30.1. The van der Waals surface area contributed by atoms with Crippen LogP contribution in [-0.2, 0) is 19.1 Å². The van der Waals surface area contributed by atoms with E-state index in [0.29, 0.717) is 12.2 Å². The van der Waals surface area contributed by atoms with Crippen molar-refractivity contribution in [3.63, 3.8) is 0 Å². The highest BCUT2D eigenvalue weighted by molar-refractivity contribution is 8.00. The molecule has 0 fully saturated rings. The number of hydrogen-bond acceptors (Lipinski definition) is 5. The lowest BCUT2D eigenvalue weighted by atomic mass is 9.84. The number of likely N-dealkylation sites (N-methyl/N-ethyl adjacent to an activating group) is 1. The number of rotatable bonds is 12. The molecule has 0 radical (unpaired) electrons. The third-order valence-corrected chi connectivity index (χ3v) is 8.72. The van der Waals surface area contributed by atoms with Crippen LogP contribution in [0.1, 0.15) is 57.2 Å². The molecule has 2 amide bonds. The number of Topliss-reactive ketones (excluding diaryl/α,β-unsaturated/α-hetero) is 1. The summed E-state index contributed by atoms with van der Waals surface area (Å²) in [7, 11) is 3.17. The van der Waals surface area contributed by atoms with E-state index in [9.17, 15) is 14.4 Å². The van der Waals surface area contributed by atoms with Crippen LogP contribution in [0.2, 0.25) is 0 Å². The van der Waals surface area contributed by atoms with Gasteiger partial charge in [-0.1, -0.05) is 97.9 Å². The molecular formula is C34H42N2O4S. The van der Waals surface area contributed by atoms with Crippen LogP contribution in [0.25, 0.3) is 0 Å². The second kappa shape index (κ2) is 14.4. The van der Waals surface area contributed by atoms with Gasteiger partial charge in [0, 0.05) is 26.3 Å². The Kier molecular flexibility index (Phi) is 11.2. The molecule has 41 heavy (non-hydrogen) atoms. The molecule has 3 aromatic carbocycles. The Morgan fingerprint density at radius 1 is 0.829 bits per heavy atom. The molecular weight excluding hydrogens is 532 g/mol. The van der Waals surface area contributed by atoms with E-state index in [1.165, 1.54) is 4.90 Å². The SMILES string of the molecule is CC[C@@H](C(=O)C[C@@H](CSC(c1ccccc1)(c1ccccc1)c1ccccc1)C(=O)NC)N(C)C(=O)OC(C)(C)C. The van der Waals surface area contributed by atoms with Gasteiger partial charge in [0.05, 0.1) is 16.7 Å². The molecule has 6 nitrogen and oxygen atoms in total. The largest absolute Gasteiger partial charge is 0.444 e. The quantitative estimate of drug-likeness (QED) is 0.244. The minimum absolute atomic E-state index is 0.00671. The smallest absolute Gasteiger partial charge is 0.410 e. The molecule has 0 spiro atoms. The molecule has 0 aromatic heterocycles. The molecule has 3 rings (SSSR count). The van der Waals surface area contributed by atoms with Gasteiger partial charge in [-0.05, 0) is 43.9 Å².